The molecule has 6 nitrogen and oxygen atoms in total. The van der Waals surface area contributed by atoms with E-state index in [0.717, 1.165) is 10.1 Å². The minimum Gasteiger partial charge on any atom is -0.467 e. The quantitative estimate of drug-likeness (QED) is 0.820. The van der Waals surface area contributed by atoms with Gasteiger partial charge < -0.3 is 15.5 Å². The zero-order chi connectivity index (χ0) is 14.8. The predicted molar refractivity (Wildman–Crippen MR) is 77.8 cm³/mol. The highest BCUT2D eigenvalue weighted by Gasteiger charge is 2.18. The monoisotopic (exact) mass is 295 g/mol. The highest BCUT2D eigenvalue weighted by molar-refractivity contribution is 7.89. The van der Waals surface area contributed by atoms with Crippen molar-refractivity contribution in [2.24, 2.45) is 0 Å². The highest BCUT2D eigenvalue weighted by atomic mass is 32.2. The second-order valence-electron chi connectivity index (χ2n) is 4.47. The van der Waals surface area contributed by atoms with E-state index in [1.807, 2.05) is 6.07 Å². The van der Waals surface area contributed by atoms with Gasteiger partial charge in [-0.25, -0.2) is 12.7 Å². The lowest BCUT2D eigenvalue weighted by Crippen LogP contribution is -2.22. The van der Waals surface area contributed by atoms with E-state index < -0.39 is 10.0 Å². The first-order chi connectivity index (χ1) is 9.41. The smallest absolute Gasteiger partial charge is 0.242 e. The molecule has 0 radical (unpaired) electrons. The van der Waals surface area contributed by atoms with Crippen LogP contribution in [0.4, 0.5) is 11.4 Å². The van der Waals surface area contributed by atoms with E-state index in [-0.39, 0.29) is 4.90 Å². The SMILES string of the molecule is CN(C)S(=O)(=O)c1ccc(NCc2ccco2)c(N)c1. The molecule has 0 saturated carbocycles. The van der Waals surface area contributed by atoms with Gasteiger partial charge >= 0.3 is 0 Å². The molecular weight excluding hydrogens is 278 g/mol. The molecule has 0 spiro atoms. The van der Waals surface area contributed by atoms with E-state index in [1.165, 1.54) is 26.2 Å². The van der Waals surface area contributed by atoms with Crippen LogP contribution in [-0.4, -0.2) is 26.8 Å². The van der Waals surface area contributed by atoms with E-state index in [0.29, 0.717) is 17.9 Å². The maximum atomic E-state index is 12.0. The van der Waals surface area contributed by atoms with Gasteiger partial charge in [-0.3, -0.25) is 0 Å². The largest absolute Gasteiger partial charge is 0.467 e. The van der Waals surface area contributed by atoms with Gasteiger partial charge in [-0.05, 0) is 30.3 Å². The lowest BCUT2D eigenvalue weighted by molar-refractivity contribution is 0.517. The second-order valence-corrected chi connectivity index (χ2v) is 6.62. The Bertz CT molecular complexity index is 679. The van der Waals surface area contributed by atoms with Crippen molar-refractivity contribution in [3.05, 3.63) is 42.4 Å². The number of nitrogens with two attached hydrogens (primary N) is 1. The first kappa shape index (κ1) is 14.4. The third-order valence-corrected chi connectivity index (χ3v) is 4.65. The van der Waals surface area contributed by atoms with Crippen molar-refractivity contribution in [1.29, 1.82) is 0 Å². The molecule has 108 valence electrons. The van der Waals surface area contributed by atoms with Crippen LogP contribution in [-0.2, 0) is 16.6 Å². The van der Waals surface area contributed by atoms with Crippen molar-refractivity contribution in [2.75, 3.05) is 25.1 Å². The zero-order valence-electron chi connectivity index (χ0n) is 11.3. The molecule has 1 aromatic carbocycles. The Morgan fingerprint density at radius 2 is 2.05 bits per heavy atom. The summed E-state index contributed by atoms with van der Waals surface area (Å²) in [5.41, 5.74) is 6.92. The molecule has 2 rings (SSSR count). The highest BCUT2D eigenvalue weighted by Crippen LogP contribution is 2.24. The van der Waals surface area contributed by atoms with Crippen LogP contribution in [0.1, 0.15) is 5.76 Å². The zero-order valence-corrected chi connectivity index (χ0v) is 12.1. The van der Waals surface area contributed by atoms with E-state index in [9.17, 15) is 8.42 Å². The molecule has 0 fully saturated rings. The van der Waals surface area contributed by atoms with Crippen molar-refractivity contribution in [3.8, 4) is 0 Å². The third-order valence-electron chi connectivity index (χ3n) is 2.83. The van der Waals surface area contributed by atoms with Crippen LogP contribution in [0.5, 0.6) is 0 Å². The Hall–Kier alpha value is -1.99. The number of hydrogen-bond donors (Lipinski definition) is 2. The number of nitrogen functional groups attached to an aromatic ring is 1. The summed E-state index contributed by atoms with van der Waals surface area (Å²) in [6.45, 7) is 0.483. The average molecular weight is 295 g/mol. The van der Waals surface area contributed by atoms with Crippen molar-refractivity contribution in [2.45, 2.75) is 11.4 Å². The van der Waals surface area contributed by atoms with Gasteiger partial charge in [0.05, 0.1) is 29.1 Å². The van der Waals surface area contributed by atoms with Gasteiger partial charge in [-0.2, -0.15) is 0 Å². The Kier molecular flexibility index (Phi) is 4.01. The molecule has 1 aromatic heterocycles. The van der Waals surface area contributed by atoms with Crippen molar-refractivity contribution < 1.29 is 12.8 Å². The van der Waals surface area contributed by atoms with Gasteiger partial charge in [-0.1, -0.05) is 0 Å². The Morgan fingerprint density at radius 1 is 1.30 bits per heavy atom. The number of benzene rings is 1. The lowest BCUT2D eigenvalue weighted by Gasteiger charge is -2.14. The predicted octanol–water partition coefficient (Wildman–Crippen LogP) is 1.72. The van der Waals surface area contributed by atoms with Gasteiger partial charge in [0.25, 0.3) is 0 Å². The molecule has 0 amide bonds. The Morgan fingerprint density at radius 3 is 2.60 bits per heavy atom. The first-order valence-corrected chi connectivity index (χ1v) is 7.43. The lowest BCUT2D eigenvalue weighted by atomic mass is 10.2. The van der Waals surface area contributed by atoms with Crippen LogP contribution in [0.15, 0.2) is 45.9 Å². The number of hydrogen-bond acceptors (Lipinski definition) is 5. The summed E-state index contributed by atoms with van der Waals surface area (Å²) in [6, 6.07) is 8.26. The third kappa shape index (κ3) is 2.94. The van der Waals surface area contributed by atoms with E-state index >= 15 is 0 Å². The number of nitrogens with one attached hydrogen (secondary N) is 1. The molecule has 20 heavy (non-hydrogen) atoms. The number of nitrogens with zero attached hydrogens (tertiary/aromatic N) is 1. The molecule has 3 N–H and O–H groups in total. The normalized spacial score (nSPS) is 11.8. The molecule has 0 aliphatic heterocycles. The summed E-state index contributed by atoms with van der Waals surface area (Å²) < 4.78 is 30.3. The molecule has 0 aliphatic rings. The second kappa shape index (κ2) is 5.56. The summed E-state index contributed by atoms with van der Waals surface area (Å²) >= 11 is 0. The molecule has 0 saturated heterocycles. The summed E-state index contributed by atoms with van der Waals surface area (Å²) in [7, 11) is -0.506. The van der Waals surface area contributed by atoms with Crippen LogP contribution in [0.3, 0.4) is 0 Å². The first-order valence-electron chi connectivity index (χ1n) is 5.99. The van der Waals surface area contributed by atoms with Crippen molar-refractivity contribution >= 4 is 21.4 Å². The van der Waals surface area contributed by atoms with Crippen LogP contribution in [0.25, 0.3) is 0 Å². The number of sulfonamides is 1. The summed E-state index contributed by atoms with van der Waals surface area (Å²) in [6.07, 6.45) is 1.59. The molecule has 0 aliphatic carbocycles. The summed E-state index contributed by atoms with van der Waals surface area (Å²) in [5, 5.41) is 3.10. The Labute approximate surface area is 118 Å². The molecular formula is C13H17N3O3S. The van der Waals surface area contributed by atoms with E-state index in [2.05, 4.69) is 5.32 Å². The fourth-order valence-corrected chi connectivity index (χ4v) is 2.61. The Balaban J connectivity index is 2.18. The minimum absolute atomic E-state index is 0.170. The van der Waals surface area contributed by atoms with E-state index in [1.54, 1.807) is 18.4 Å². The molecule has 0 unspecified atom stereocenters. The summed E-state index contributed by atoms with van der Waals surface area (Å²) in [5.74, 6) is 0.773. The van der Waals surface area contributed by atoms with Gasteiger partial charge in [0.15, 0.2) is 0 Å². The van der Waals surface area contributed by atoms with Gasteiger partial charge in [0.1, 0.15) is 5.76 Å². The topological polar surface area (TPSA) is 88.6 Å². The standard InChI is InChI=1S/C13H17N3O3S/c1-16(2)20(17,18)11-5-6-13(12(14)8-11)15-9-10-4-3-7-19-10/h3-8,15H,9,14H2,1-2H3. The molecule has 2 aromatic rings. The van der Waals surface area contributed by atoms with E-state index in [4.69, 9.17) is 10.2 Å². The van der Waals surface area contributed by atoms with Crippen molar-refractivity contribution in [3.63, 3.8) is 0 Å². The van der Waals surface area contributed by atoms with Crippen LogP contribution in [0.2, 0.25) is 0 Å². The average Bonchev–Trinajstić information content (AvgIpc) is 2.90. The van der Waals surface area contributed by atoms with Crippen LogP contribution >= 0.6 is 0 Å². The summed E-state index contributed by atoms with van der Waals surface area (Å²) in [4.78, 5) is 0.170. The fraction of sp³-hybridized carbons (Fsp3) is 0.231. The van der Waals surface area contributed by atoms with Crippen LogP contribution < -0.4 is 11.1 Å². The fourth-order valence-electron chi connectivity index (χ4n) is 1.67. The van der Waals surface area contributed by atoms with Crippen LogP contribution in [0, 0.1) is 0 Å². The van der Waals surface area contributed by atoms with Gasteiger partial charge in [-0.15, -0.1) is 0 Å². The van der Waals surface area contributed by atoms with Crippen molar-refractivity contribution in [1.82, 2.24) is 4.31 Å². The minimum atomic E-state index is -3.47. The molecule has 0 bridgehead atoms. The molecule has 7 heteroatoms. The number of anilines is 2. The number of rotatable bonds is 5. The molecule has 0 atom stereocenters. The maximum Gasteiger partial charge on any atom is 0.242 e. The van der Waals surface area contributed by atoms with Gasteiger partial charge in [0.2, 0.25) is 10.0 Å². The maximum absolute atomic E-state index is 12.0. The molecule has 1 heterocycles. The number of furan rings is 1. The van der Waals surface area contributed by atoms with Gasteiger partial charge in [0, 0.05) is 14.1 Å².